The third-order valence-electron chi connectivity index (χ3n) is 5.30. The molecule has 0 aliphatic heterocycles. The van der Waals surface area contributed by atoms with Gasteiger partial charge >= 0.3 is 6.09 Å². The molecule has 156 valence electrons. The van der Waals surface area contributed by atoms with Gasteiger partial charge in [-0.05, 0) is 34.7 Å². The first-order valence-corrected chi connectivity index (χ1v) is 9.91. The first-order valence-electron chi connectivity index (χ1n) is 9.91. The highest BCUT2D eigenvalue weighted by Gasteiger charge is 2.28. The van der Waals surface area contributed by atoms with E-state index >= 15 is 0 Å². The topological polar surface area (TPSA) is 94.4 Å². The number of fused-ring (bicyclic) bond motifs is 3. The van der Waals surface area contributed by atoms with Crippen molar-refractivity contribution in [1.29, 1.82) is 0 Å². The average Bonchev–Trinajstić information content (AvgIpc) is 3.10. The van der Waals surface area contributed by atoms with Gasteiger partial charge in [0.05, 0.1) is 4.92 Å². The number of benzene rings is 2. The maximum atomic E-state index is 12.2. The van der Waals surface area contributed by atoms with Crippen LogP contribution >= 0.6 is 0 Å². The lowest BCUT2D eigenvalue weighted by molar-refractivity contribution is -0.385. The molecule has 7 nitrogen and oxygen atoms in total. The van der Waals surface area contributed by atoms with Crippen LogP contribution in [-0.2, 0) is 4.74 Å². The lowest BCUT2D eigenvalue weighted by Crippen LogP contribution is -2.26. The molecule has 1 aromatic heterocycles. The molecule has 3 aromatic rings. The largest absolute Gasteiger partial charge is 0.449 e. The van der Waals surface area contributed by atoms with E-state index < -0.39 is 11.0 Å². The van der Waals surface area contributed by atoms with E-state index in [4.69, 9.17) is 4.74 Å². The average molecular weight is 415 g/mol. The molecule has 1 heterocycles. The third kappa shape index (κ3) is 4.30. The van der Waals surface area contributed by atoms with Gasteiger partial charge < -0.3 is 10.1 Å². The molecule has 0 atom stereocenters. The van der Waals surface area contributed by atoms with Gasteiger partial charge in [-0.2, -0.15) is 0 Å². The van der Waals surface area contributed by atoms with E-state index in [0.717, 1.165) is 11.1 Å². The number of alkyl carbamates (subject to hydrolysis) is 1. The predicted molar refractivity (Wildman–Crippen MR) is 118 cm³/mol. The summed E-state index contributed by atoms with van der Waals surface area (Å²) in [4.78, 5) is 26.7. The summed E-state index contributed by atoms with van der Waals surface area (Å²) in [5, 5.41) is 13.7. The Labute approximate surface area is 179 Å². The van der Waals surface area contributed by atoms with Crippen LogP contribution in [-0.4, -0.2) is 29.2 Å². The van der Waals surface area contributed by atoms with Crippen molar-refractivity contribution in [2.45, 2.75) is 12.8 Å². The Balaban J connectivity index is 1.33. The molecule has 1 amide bonds. The number of amides is 1. The zero-order chi connectivity index (χ0) is 21.8. The minimum absolute atomic E-state index is 0.00729. The minimum Gasteiger partial charge on any atom is -0.449 e. The molecule has 0 spiro atoms. The Morgan fingerprint density at radius 1 is 1.16 bits per heavy atom. The first kappa shape index (κ1) is 20.3. The quantitative estimate of drug-likeness (QED) is 0.459. The van der Waals surface area contributed by atoms with Gasteiger partial charge in [0.15, 0.2) is 0 Å². The summed E-state index contributed by atoms with van der Waals surface area (Å²) in [5.74, 6) is 0.00729. The SMILES string of the molecule is Cc1ncc(C=CCNC(=O)OCC2c3ccccc3-c3ccccc32)cc1[N+](=O)[O-]. The summed E-state index contributed by atoms with van der Waals surface area (Å²) < 4.78 is 5.47. The number of carbonyl (C=O) groups is 1. The zero-order valence-electron chi connectivity index (χ0n) is 16.9. The molecule has 0 unspecified atom stereocenters. The number of pyridine rings is 1. The van der Waals surface area contributed by atoms with Gasteiger partial charge in [-0.25, -0.2) is 4.79 Å². The van der Waals surface area contributed by atoms with Crippen molar-refractivity contribution in [3.63, 3.8) is 0 Å². The van der Waals surface area contributed by atoms with Crippen molar-refractivity contribution in [3.05, 3.63) is 99.4 Å². The lowest BCUT2D eigenvalue weighted by atomic mass is 9.98. The van der Waals surface area contributed by atoms with E-state index in [1.54, 1.807) is 25.3 Å². The van der Waals surface area contributed by atoms with Gasteiger partial charge in [0, 0.05) is 24.7 Å². The number of nitrogens with zero attached hydrogens (tertiary/aromatic N) is 2. The molecule has 0 radical (unpaired) electrons. The van der Waals surface area contributed by atoms with Crippen LogP contribution in [0.4, 0.5) is 10.5 Å². The van der Waals surface area contributed by atoms with Crippen LogP contribution in [0, 0.1) is 17.0 Å². The fourth-order valence-electron chi connectivity index (χ4n) is 3.80. The number of rotatable bonds is 6. The monoisotopic (exact) mass is 415 g/mol. The van der Waals surface area contributed by atoms with Crippen LogP contribution < -0.4 is 5.32 Å². The Hall–Kier alpha value is -4.00. The predicted octanol–water partition coefficient (Wildman–Crippen LogP) is 4.85. The van der Waals surface area contributed by atoms with Crippen LogP contribution in [0.25, 0.3) is 17.2 Å². The van der Waals surface area contributed by atoms with Gasteiger partial charge in [0.1, 0.15) is 12.3 Å². The minimum atomic E-state index is -0.514. The smallest absolute Gasteiger partial charge is 0.407 e. The molecule has 4 rings (SSSR count). The summed E-state index contributed by atoms with van der Waals surface area (Å²) in [6.07, 6.45) is 4.40. The Morgan fingerprint density at radius 2 is 1.81 bits per heavy atom. The second kappa shape index (κ2) is 8.79. The number of aromatic nitrogens is 1. The second-order valence-electron chi connectivity index (χ2n) is 7.24. The fraction of sp³-hybridized carbons (Fsp3) is 0.167. The van der Waals surface area contributed by atoms with Crippen LogP contribution in [0.3, 0.4) is 0 Å². The number of hydrogen-bond acceptors (Lipinski definition) is 5. The van der Waals surface area contributed by atoms with Gasteiger partial charge in [0.2, 0.25) is 0 Å². The number of nitrogens with one attached hydrogen (secondary N) is 1. The molecule has 1 aliphatic rings. The maximum Gasteiger partial charge on any atom is 0.407 e. The number of ether oxygens (including phenoxy) is 1. The third-order valence-corrected chi connectivity index (χ3v) is 5.30. The number of aryl methyl sites for hydroxylation is 1. The summed E-state index contributed by atoms with van der Waals surface area (Å²) in [5.41, 5.74) is 5.58. The molecule has 0 saturated heterocycles. The molecule has 0 fully saturated rings. The van der Waals surface area contributed by atoms with Crippen molar-refractivity contribution in [3.8, 4) is 11.1 Å². The summed E-state index contributed by atoms with van der Waals surface area (Å²) in [6, 6.07) is 17.8. The van der Waals surface area contributed by atoms with E-state index in [2.05, 4.69) is 34.6 Å². The second-order valence-corrected chi connectivity index (χ2v) is 7.24. The van der Waals surface area contributed by atoms with Gasteiger partial charge in [-0.15, -0.1) is 0 Å². The Morgan fingerprint density at radius 3 is 2.45 bits per heavy atom. The van der Waals surface area contributed by atoms with E-state index in [-0.39, 0.29) is 24.8 Å². The van der Waals surface area contributed by atoms with Crippen molar-refractivity contribution in [2.75, 3.05) is 13.2 Å². The fourth-order valence-corrected chi connectivity index (χ4v) is 3.80. The highest BCUT2D eigenvalue weighted by atomic mass is 16.6. The molecule has 7 heteroatoms. The van der Waals surface area contributed by atoms with Gasteiger partial charge in [0.25, 0.3) is 5.69 Å². The molecule has 0 saturated carbocycles. The van der Waals surface area contributed by atoms with Crippen molar-refractivity contribution in [2.24, 2.45) is 0 Å². The lowest BCUT2D eigenvalue weighted by Gasteiger charge is -2.14. The molecule has 0 bridgehead atoms. The van der Waals surface area contributed by atoms with Crippen molar-refractivity contribution in [1.82, 2.24) is 10.3 Å². The summed E-state index contributed by atoms with van der Waals surface area (Å²) in [7, 11) is 0. The molecular weight excluding hydrogens is 394 g/mol. The van der Waals surface area contributed by atoms with E-state index in [9.17, 15) is 14.9 Å². The van der Waals surface area contributed by atoms with E-state index in [0.29, 0.717) is 11.3 Å². The molecular formula is C24H21N3O4. The highest BCUT2D eigenvalue weighted by molar-refractivity contribution is 5.79. The van der Waals surface area contributed by atoms with Crippen LogP contribution in [0.5, 0.6) is 0 Å². The van der Waals surface area contributed by atoms with E-state index in [1.807, 2.05) is 24.3 Å². The molecule has 2 aromatic carbocycles. The highest BCUT2D eigenvalue weighted by Crippen LogP contribution is 2.44. The number of hydrogen-bond donors (Lipinski definition) is 1. The van der Waals surface area contributed by atoms with Crippen LogP contribution in [0.15, 0.2) is 66.9 Å². The normalized spacial score (nSPS) is 12.4. The Kier molecular flexibility index (Phi) is 5.75. The molecule has 31 heavy (non-hydrogen) atoms. The van der Waals surface area contributed by atoms with Crippen LogP contribution in [0.1, 0.15) is 28.3 Å². The standard InChI is InChI=1S/C24H21N3O4/c1-16-23(27(29)30)13-17(14-26-16)7-6-12-25-24(28)31-15-22-20-10-4-2-8-18(20)19-9-3-5-11-21(19)22/h2-11,13-14,22H,12,15H2,1H3,(H,25,28). The van der Waals surface area contributed by atoms with E-state index in [1.165, 1.54) is 17.2 Å². The number of nitro groups is 1. The summed E-state index contributed by atoms with van der Waals surface area (Å²) >= 11 is 0. The molecule has 1 aliphatic carbocycles. The first-order chi connectivity index (χ1) is 15.0. The van der Waals surface area contributed by atoms with Crippen LogP contribution in [0.2, 0.25) is 0 Å². The zero-order valence-corrected chi connectivity index (χ0v) is 16.9. The maximum absolute atomic E-state index is 12.2. The molecule has 1 N–H and O–H groups in total. The van der Waals surface area contributed by atoms with Crippen molar-refractivity contribution < 1.29 is 14.5 Å². The van der Waals surface area contributed by atoms with Gasteiger partial charge in [-0.3, -0.25) is 15.1 Å². The summed E-state index contributed by atoms with van der Waals surface area (Å²) in [6.45, 7) is 2.07. The van der Waals surface area contributed by atoms with Crippen molar-refractivity contribution >= 4 is 17.9 Å². The number of carbonyl (C=O) groups excluding carboxylic acids is 1. The Bertz CT molecular complexity index is 1130. The van der Waals surface area contributed by atoms with Gasteiger partial charge in [-0.1, -0.05) is 60.7 Å².